The van der Waals surface area contributed by atoms with Crippen LogP contribution in [0, 0.1) is 17.8 Å². The van der Waals surface area contributed by atoms with E-state index in [1.54, 1.807) is 10.4 Å². The lowest BCUT2D eigenvalue weighted by atomic mass is 9.77. The van der Waals surface area contributed by atoms with E-state index in [1.165, 1.54) is 24.2 Å². The summed E-state index contributed by atoms with van der Waals surface area (Å²) in [6, 6.07) is 3.92. The monoisotopic (exact) mass is 384 g/mol. The number of likely N-dealkylation sites (N-methyl/N-ethyl adjacent to an activating group) is 1. The first-order chi connectivity index (χ1) is 11.9. The normalized spacial score (nSPS) is 33.7. The number of sulfonamides is 1. The van der Waals surface area contributed by atoms with E-state index >= 15 is 0 Å². The highest BCUT2D eigenvalue weighted by atomic mass is 32.2. The molecule has 4 rings (SSSR count). The topological polar surface area (TPSA) is 49.9 Å². The van der Waals surface area contributed by atoms with Crippen molar-refractivity contribution < 1.29 is 13.2 Å². The van der Waals surface area contributed by atoms with E-state index in [2.05, 4.69) is 19.0 Å². The molecule has 0 N–H and O–H groups in total. The van der Waals surface area contributed by atoms with Crippen LogP contribution in [0.5, 0.6) is 0 Å². The van der Waals surface area contributed by atoms with Gasteiger partial charge in [0.15, 0.2) is 0 Å². The molecule has 4 atom stereocenters. The second-order valence-electron chi connectivity index (χ2n) is 8.09. The molecule has 2 heterocycles. The van der Waals surface area contributed by atoms with Gasteiger partial charge in [0, 0.05) is 25.7 Å². The molecule has 0 spiro atoms. The van der Waals surface area contributed by atoms with Crippen LogP contribution >= 0.6 is 11.3 Å². The average Bonchev–Trinajstić information content (AvgIpc) is 3.07. The number of fused-ring (bicyclic) bond motifs is 1. The Labute approximate surface area is 155 Å². The summed E-state index contributed by atoms with van der Waals surface area (Å²) >= 11 is 1.31. The van der Waals surface area contributed by atoms with Crippen LogP contribution in [-0.2, 0) is 14.8 Å². The van der Waals surface area contributed by atoms with E-state index in [-0.39, 0.29) is 6.10 Å². The molecule has 0 bridgehead atoms. The van der Waals surface area contributed by atoms with E-state index in [0.29, 0.717) is 35.2 Å². The largest absolute Gasteiger partial charge is 0.376 e. The van der Waals surface area contributed by atoms with E-state index in [0.717, 1.165) is 25.4 Å². The fraction of sp³-hybridized carbons (Fsp3) is 0.778. The lowest BCUT2D eigenvalue weighted by molar-refractivity contribution is -0.0493. The molecular weight excluding hydrogens is 356 g/mol. The number of ether oxygens (including phenoxy) is 1. The third-order valence-electron chi connectivity index (χ3n) is 6.05. The maximum Gasteiger partial charge on any atom is 0.252 e. The Morgan fingerprint density at radius 1 is 1.24 bits per heavy atom. The standard InChI is InChI=1S/C18H28N2O3S2/c1-19(2)16-8-14-10-20(25(21,22)18-4-3-7-24-18)11-15(14)9-17(16)23-12-13-5-6-13/h3-4,7,13-17H,5-6,8-12H2,1-2H3/t14-,15+,16-,17-/m1/s1. The number of rotatable bonds is 6. The Kier molecular flexibility index (Phi) is 4.96. The summed E-state index contributed by atoms with van der Waals surface area (Å²) in [7, 11) is 0.910. The number of hydrogen-bond acceptors (Lipinski definition) is 5. The summed E-state index contributed by atoms with van der Waals surface area (Å²) in [5, 5.41) is 1.83. The molecule has 0 aromatic carbocycles. The predicted octanol–water partition coefficient (Wildman–Crippen LogP) is 2.50. The van der Waals surface area contributed by atoms with Gasteiger partial charge in [0.2, 0.25) is 0 Å². The maximum absolute atomic E-state index is 12.9. The number of thiophene rings is 1. The summed E-state index contributed by atoms with van der Waals surface area (Å²) in [5.41, 5.74) is 0. The van der Waals surface area contributed by atoms with Gasteiger partial charge in [0.05, 0.1) is 6.10 Å². The Balaban J connectivity index is 1.46. The van der Waals surface area contributed by atoms with Gasteiger partial charge in [-0.3, -0.25) is 0 Å². The van der Waals surface area contributed by atoms with Crippen molar-refractivity contribution in [3.63, 3.8) is 0 Å². The van der Waals surface area contributed by atoms with Crippen molar-refractivity contribution in [1.29, 1.82) is 0 Å². The average molecular weight is 385 g/mol. The van der Waals surface area contributed by atoms with Gasteiger partial charge >= 0.3 is 0 Å². The van der Waals surface area contributed by atoms with Crippen molar-refractivity contribution in [2.24, 2.45) is 17.8 Å². The lowest BCUT2D eigenvalue weighted by Crippen LogP contribution is -2.48. The molecule has 3 aliphatic rings. The number of hydrogen-bond donors (Lipinski definition) is 0. The molecule has 140 valence electrons. The van der Waals surface area contributed by atoms with Crippen molar-refractivity contribution in [1.82, 2.24) is 9.21 Å². The van der Waals surface area contributed by atoms with Crippen molar-refractivity contribution in [3.8, 4) is 0 Å². The van der Waals surface area contributed by atoms with Crippen LogP contribution in [0.2, 0.25) is 0 Å². The fourth-order valence-corrected chi connectivity index (χ4v) is 7.05. The minimum Gasteiger partial charge on any atom is -0.376 e. The van der Waals surface area contributed by atoms with Gasteiger partial charge in [-0.25, -0.2) is 8.42 Å². The number of nitrogens with zero attached hydrogens (tertiary/aromatic N) is 2. The summed E-state index contributed by atoms with van der Waals surface area (Å²) in [4.78, 5) is 2.27. The van der Waals surface area contributed by atoms with Crippen LogP contribution in [0.15, 0.2) is 21.7 Å². The Morgan fingerprint density at radius 3 is 2.56 bits per heavy atom. The van der Waals surface area contributed by atoms with Gasteiger partial charge in [-0.1, -0.05) is 6.07 Å². The highest BCUT2D eigenvalue weighted by Gasteiger charge is 2.46. The third kappa shape index (κ3) is 3.67. The minimum atomic E-state index is -3.33. The summed E-state index contributed by atoms with van der Waals surface area (Å²) in [6.07, 6.45) is 4.86. The van der Waals surface area contributed by atoms with Gasteiger partial charge in [-0.15, -0.1) is 11.3 Å². The quantitative estimate of drug-likeness (QED) is 0.756. The molecule has 2 saturated carbocycles. The van der Waals surface area contributed by atoms with Crippen LogP contribution in [0.4, 0.5) is 0 Å². The molecule has 0 radical (unpaired) electrons. The van der Waals surface area contributed by atoms with Gasteiger partial charge in [0.25, 0.3) is 10.0 Å². The Bertz CT molecular complexity index is 685. The van der Waals surface area contributed by atoms with Gasteiger partial charge in [0.1, 0.15) is 4.21 Å². The summed E-state index contributed by atoms with van der Waals surface area (Å²) < 4.78 is 34.2. The van der Waals surface area contributed by atoms with Crippen LogP contribution in [0.1, 0.15) is 25.7 Å². The first kappa shape index (κ1) is 17.9. The van der Waals surface area contributed by atoms with Gasteiger partial charge in [-0.2, -0.15) is 4.31 Å². The zero-order valence-electron chi connectivity index (χ0n) is 15.0. The zero-order chi connectivity index (χ0) is 17.6. The minimum absolute atomic E-state index is 0.237. The molecule has 1 saturated heterocycles. The lowest BCUT2D eigenvalue weighted by Gasteiger charge is -2.41. The summed E-state index contributed by atoms with van der Waals surface area (Å²) in [6.45, 7) is 2.18. The molecule has 0 amide bonds. The molecule has 7 heteroatoms. The van der Waals surface area contributed by atoms with Crippen LogP contribution in [0.25, 0.3) is 0 Å². The van der Waals surface area contributed by atoms with Crippen molar-refractivity contribution in [2.45, 2.75) is 42.0 Å². The second kappa shape index (κ2) is 6.93. The van der Waals surface area contributed by atoms with E-state index in [9.17, 15) is 8.42 Å². The van der Waals surface area contributed by atoms with E-state index in [1.807, 2.05) is 11.4 Å². The molecule has 3 fully saturated rings. The van der Waals surface area contributed by atoms with E-state index in [4.69, 9.17) is 4.74 Å². The van der Waals surface area contributed by atoms with Crippen LogP contribution < -0.4 is 0 Å². The SMILES string of the molecule is CN(C)[C@@H]1C[C@@H]2CN(S(=O)(=O)c3cccs3)C[C@@H]2C[C@H]1OCC1CC1. The summed E-state index contributed by atoms with van der Waals surface area (Å²) in [5.74, 6) is 1.64. The zero-order valence-corrected chi connectivity index (χ0v) is 16.6. The molecule has 5 nitrogen and oxygen atoms in total. The molecule has 25 heavy (non-hydrogen) atoms. The first-order valence-corrected chi connectivity index (χ1v) is 11.6. The van der Waals surface area contributed by atoms with Gasteiger partial charge < -0.3 is 9.64 Å². The first-order valence-electron chi connectivity index (χ1n) is 9.27. The van der Waals surface area contributed by atoms with Crippen molar-refractivity contribution >= 4 is 21.4 Å². The molecule has 1 aromatic heterocycles. The molecule has 2 aliphatic carbocycles. The molecule has 1 aliphatic heterocycles. The van der Waals surface area contributed by atoms with Gasteiger partial charge in [-0.05, 0) is 69.0 Å². The van der Waals surface area contributed by atoms with Crippen molar-refractivity contribution in [3.05, 3.63) is 17.5 Å². The Morgan fingerprint density at radius 2 is 1.96 bits per heavy atom. The van der Waals surface area contributed by atoms with Crippen LogP contribution in [-0.4, -0.2) is 63.6 Å². The third-order valence-corrected chi connectivity index (χ3v) is 9.25. The molecule has 1 aromatic rings. The van der Waals surface area contributed by atoms with Crippen molar-refractivity contribution in [2.75, 3.05) is 33.8 Å². The molecular formula is C18H28N2O3S2. The Hall–Kier alpha value is -0.470. The maximum atomic E-state index is 12.9. The highest BCUT2D eigenvalue weighted by molar-refractivity contribution is 7.91. The smallest absolute Gasteiger partial charge is 0.252 e. The second-order valence-corrected chi connectivity index (χ2v) is 11.2. The molecule has 0 unspecified atom stereocenters. The van der Waals surface area contributed by atoms with E-state index < -0.39 is 10.0 Å². The highest BCUT2D eigenvalue weighted by Crippen LogP contribution is 2.41. The fourth-order valence-electron chi connectivity index (χ4n) is 4.35. The predicted molar refractivity (Wildman–Crippen MR) is 99.2 cm³/mol. The van der Waals surface area contributed by atoms with Crippen LogP contribution in [0.3, 0.4) is 0 Å².